The molecule has 0 aliphatic carbocycles. The summed E-state index contributed by atoms with van der Waals surface area (Å²) in [5, 5.41) is 9.11. The maximum atomic E-state index is 11.1. The van der Waals surface area contributed by atoms with Crippen LogP contribution in [0.25, 0.3) is 0 Å². The van der Waals surface area contributed by atoms with Crippen LogP contribution in [0.15, 0.2) is 0 Å². The van der Waals surface area contributed by atoms with E-state index in [1.807, 2.05) is 27.7 Å². The van der Waals surface area contributed by atoms with Crippen molar-refractivity contribution in [3.63, 3.8) is 0 Å². The first-order chi connectivity index (χ1) is 5.31. The second kappa shape index (κ2) is 3.69. The number of carboxylic acid groups (broad SMARTS) is 1. The van der Waals surface area contributed by atoms with Crippen molar-refractivity contribution < 1.29 is 9.90 Å². The zero-order valence-corrected chi connectivity index (χ0v) is 9.11. The van der Waals surface area contributed by atoms with Crippen LogP contribution in [0.4, 0.5) is 0 Å². The predicted molar refractivity (Wildman–Crippen MR) is 53.7 cm³/mol. The minimum absolute atomic E-state index is 0.470. The van der Waals surface area contributed by atoms with Gasteiger partial charge in [0, 0.05) is 4.75 Å². The minimum Gasteiger partial charge on any atom is -0.481 e. The number of hydrogen-bond donors (Lipinski definition) is 2. The molecule has 0 aromatic heterocycles. The molecule has 1 N–H and O–H groups in total. The Labute approximate surface area is 79.8 Å². The maximum absolute atomic E-state index is 11.1. The number of carbonyl (C=O) groups is 1. The van der Waals surface area contributed by atoms with Crippen LogP contribution in [0, 0.1) is 5.41 Å². The molecule has 0 amide bonds. The van der Waals surface area contributed by atoms with E-state index in [0.29, 0.717) is 12.8 Å². The molecule has 3 heteroatoms. The summed E-state index contributed by atoms with van der Waals surface area (Å²) in [7, 11) is 0. The van der Waals surface area contributed by atoms with E-state index in [4.69, 9.17) is 5.11 Å². The molecule has 0 bridgehead atoms. The Bertz CT molecular complexity index is 166. The zero-order valence-electron chi connectivity index (χ0n) is 8.22. The second-order valence-corrected chi connectivity index (χ2v) is 4.77. The standard InChI is InChI=1S/C9H18O2S/c1-5-9(6-2,7(10)11)8(3,4)12/h12H,5-6H2,1-4H3,(H,10,11). The number of hydrogen-bond acceptors (Lipinski definition) is 2. The highest BCUT2D eigenvalue weighted by Crippen LogP contribution is 2.42. The number of carboxylic acids is 1. The number of aliphatic carboxylic acids is 1. The van der Waals surface area contributed by atoms with Gasteiger partial charge >= 0.3 is 5.97 Å². The first-order valence-electron chi connectivity index (χ1n) is 4.27. The Morgan fingerprint density at radius 3 is 1.67 bits per heavy atom. The Kier molecular flexibility index (Phi) is 3.63. The molecule has 0 aliphatic heterocycles. The largest absolute Gasteiger partial charge is 0.481 e. The van der Waals surface area contributed by atoms with Crippen LogP contribution in [-0.4, -0.2) is 15.8 Å². The predicted octanol–water partition coefficient (Wildman–Crippen LogP) is 2.59. The van der Waals surface area contributed by atoms with Crippen molar-refractivity contribution in [3.8, 4) is 0 Å². The van der Waals surface area contributed by atoms with Crippen LogP contribution < -0.4 is 0 Å². The smallest absolute Gasteiger partial charge is 0.310 e. The van der Waals surface area contributed by atoms with Crippen LogP contribution in [0.2, 0.25) is 0 Å². The Morgan fingerprint density at radius 2 is 1.67 bits per heavy atom. The van der Waals surface area contributed by atoms with Gasteiger partial charge in [-0.1, -0.05) is 13.8 Å². The molecule has 0 fully saturated rings. The lowest BCUT2D eigenvalue weighted by Crippen LogP contribution is -2.45. The third kappa shape index (κ3) is 1.76. The molecule has 2 nitrogen and oxygen atoms in total. The minimum atomic E-state index is -0.743. The van der Waals surface area contributed by atoms with Crippen molar-refractivity contribution in [3.05, 3.63) is 0 Å². The van der Waals surface area contributed by atoms with Gasteiger partial charge in [0.1, 0.15) is 0 Å². The molecule has 0 rings (SSSR count). The molecule has 0 unspecified atom stereocenters. The van der Waals surface area contributed by atoms with E-state index in [1.54, 1.807) is 0 Å². The quantitative estimate of drug-likeness (QED) is 0.669. The molecule has 0 aromatic carbocycles. The number of rotatable bonds is 4. The van der Waals surface area contributed by atoms with Gasteiger partial charge in [-0.15, -0.1) is 0 Å². The van der Waals surface area contributed by atoms with Crippen LogP contribution in [0.5, 0.6) is 0 Å². The van der Waals surface area contributed by atoms with Gasteiger partial charge in [0.15, 0.2) is 0 Å². The molecule has 0 atom stereocenters. The van der Waals surface area contributed by atoms with E-state index in [-0.39, 0.29) is 0 Å². The molecule has 0 saturated heterocycles. The van der Waals surface area contributed by atoms with Gasteiger partial charge in [-0.05, 0) is 26.7 Å². The summed E-state index contributed by atoms with van der Waals surface area (Å²) in [6.07, 6.45) is 1.24. The highest BCUT2D eigenvalue weighted by atomic mass is 32.1. The van der Waals surface area contributed by atoms with Crippen LogP contribution in [-0.2, 0) is 4.79 Å². The summed E-state index contributed by atoms with van der Waals surface area (Å²) in [5.41, 5.74) is -0.698. The van der Waals surface area contributed by atoms with E-state index in [2.05, 4.69) is 12.6 Å². The highest BCUT2D eigenvalue weighted by molar-refractivity contribution is 7.81. The summed E-state index contributed by atoms with van der Waals surface area (Å²) in [4.78, 5) is 11.1. The fourth-order valence-corrected chi connectivity index (χ4v) is 2.09. The van der Waals surface area contributed by atoms with Crippen molar-refractivity contribution in [2.24, 2.45) is 5.41 Å². The Balaban J connectivity index is 4.97. The van der Waals surface area contributed by atoms with Crippen molar-refractivity contribution in [2.45, 2.75) is 45.3 Å². The summed E-state index contributed by atoms with van der Waals surface area (Å²) in [6, 6.07) is 0. The molecule has 0 heterocycles. The first-order valence-corrected chi connectivity index (χ1v) is 4.72. The van der Waals surface area contributed by atoms with Gasteiger partial charge in [-0.3, -0.25) is 4.79 Å². The van der Waals surface area contributed by atoms with Gasteiger partial charge < -0.3 is 5.11 Å². The Morgan fingerprint density at radius 1 is 1.33 bits per heavy atom. The maximum Gasteiger partial charge on any atom is 0.310 e. The van der Waals surface area contributed by atoms with Gasteiger partial charge in [0.2, 0.25) is 0 Å². The first kappa shape index (κ1) is 11.8. The van der Waals surface area contributed by atoms with Crippen LogP contribution in [0.1, 0.15) is 40.5 Å². The molecule has 0 aliphatic rings. The molecular formula is C9H18O2S. The topological polar surface area (TPSA) is 37.3 Å². The fraction of sp³-hybridized carbons (Fsp3) is 0.889. The fourth-order valence-electron chi connectivity index (χ4n) is 1.68. The molecule has 0 saturated carbocycles. The van der Waals surface area contributed by atoms with Gasteiger partial charge in [0.25, 0.3) is 0 Å². The summed E-state index contributed by atoms with van der Waals surface area (Å²) in [5.74, 6) is -0.743. The van der Waals surface area contributed by atoms with Crippen molar-refractivity contribution in [1.82, 2.24) is 0 Å². The average molecular weight is 190 g/mol. The summed E-state index contributed by atoms with van der Waals surface area (Å²) in [6.45, 7) is 7.51. The molecule has 0 aromatic rings. The van der Waals surface area contributed by atoms with E-state index in [9.17, 15) is 4.79 Å². The lowest BCUT2D eigenvalue weighted by atomic mass is 9.72. The van der Waals surface area contributed by atoms with E-state index in [0.717, 1.165) is 0 Å². The van der Waals surface area contributed by atoms with Gasteiger partial charge in [-0.2, -0.15) is 12.6 Å². The van der Waals surface area contributed by atoms with Crippen molar-refractivity contribution >= 4 is 18.6 Å². The van der Waals surface area contributed by atoms with E-state index in [1.165, 1.54) is 0 Å². The summed E-state index contributed by atoms with van der Waals surface area (Å²) < 4.78 is -0.470. The lowest BCUT2D eigenvalue weighted by Gasteiger charge is -2.38. The number of thiol groups is 1. The third-order valence-electron chi connectivity index (χ3n) is 2.79. The lowest BCUT2D eigenvalue weighted by molar-refractivity contribution is -0.151. The SMILES string of the molecule is CCC(CC)(C(=O)O)C(C)(C)S. The van der Waals surface area contributed by atoms with Crippen LogP contribution in [0.3, 0.4) is 0 Å². The van der Waals surface area contributed by atoms with Gasteiger partial charge in [0.05, 0.1) is 5.41 Å². The highest BCUT2D eigenvalue weighted by Gasteiger charge is 2.46. The van der Waals surface area contributed by atoms with E-state index >= 15 is 0 Å². The van der Waals surface area contributed by atoms with Crippen LogP contribution >= 0.6 is 12.6 Å². The molecular weight excluding hydrogens is 172 g/mol. The van der Waals surface area contributed by atoms with E-state index < -0.39 is 16.1 Å². The average Bonchev–Trinajstić information content (AvgIpc) is 1.87. The third-order valence-corrected chi connectivity index (χ3v) is 3.22. The second-order valence-electron chi connectivity index (χ2n) is 3.65. The zero-order chi connectivity index (χ0) is 9.99. The monoisotopic (exact) mass is 190 g/mol. The molecule has 0 radical (unpaired) electrons. The summed E-state index contributed by atoms with van der Waals surface area (Å²) >= 11 is 4.35. The van der Waals surface area contributed by atoms with Gasteiger partial charge in [-0.25, -0.2) is 0 Å². The molecule has 0 spiro atoms. The van der Waals surface area contributed by atoms with Crippen molar-refractivity contribution in [2.75, 3.05) is 0 Å². The Hall–Kier alpha value is -0.180. The van der Waals surface area contributed by atoms with Crippen molar-refractivity contribution in [1.29, 1.82) is 0 Å². The molecule has 12 heavy (non-hydrogen) atoms. The normalized spacial score (nSPS) is 13.1. The molecule has 72 valence electrons.